The van der Waals surface area contributed by atoms with Gasteiger partial charge in [-0.25, -0.2) is 8.42 Å². The molecule has 3 nitrogen and oxygen atoms in total. The van der Waals surface area contributed by atoms with Crippen molar-refractivity contribution in [3.63, 3.8) is 0 Å². The van der Waals surface area contributed by atoms with E-state index < -0.39 is 9.84 Å². The van der Waals surface area contributed by atoms with Crippen LogP contribution >= 0.6 is 0 Å². The van der Waals surface area contributed by atoms with Gasteiger partial charge in [-0.15, -0.1) is 0 Å². The molecule has 0 aliphatic carbocycles. The molecule has 0 aliphatic heterocycles. The van der Waals surface area contributed by atoms with Crippen molar-refractivity contribution in [1.29, 1.82) is 0 Å². The third kappa shape index (κ3) is 3.85. The van der Waals surface area contributed by atoms with Crippen molar-refractivity contribution in [1.82, 2.24) is 0 Å². The zero-order valence-corrected chi connectivity index (χ0v) is 10.6. The Morgan fingerprint density at radius 1 is 1.31 bits per heavy atom. The molecule has 1 aromatic rings. The molecule has 0 amide bonds. The molecular formula is C12H19NO2S. The topological polar surface area (TPSA) is 60.2 Å². The summed E-state index contributed by atoms with van der Waals surface area (Å²) in [6.07, 6.45) is 0.878. The fourth-order valence-electron chi connectivity index (χ4n) is 1.51. The van der Waals surface area contributed by atoms with Gasteiger partial charge >= 0.3 is 0 Å². The van der Waals surface area contributed by atoms with Gasteiger partial charge in [-0.05, 0) is 17.5 Å². The summed E-state index contributed by atoms with van der Waals surface area (Å²) in [6, 6.07) is 7.11. The SMILES string of the molecule is CCC(C)CS(=O)(=O)Cc1ccccc1N. The molecule has 4 heteroatoms. The van der Waals surface area contributed by atoms with Crippen molar-refractivity contribution in [2.45, 2.75) is 26.0 Å². The highest BCUT2D eigenvalue weighted by Gasteiger charge is 2.16. The summed E-state index contributed by atoms with van der Waals surface area (Å²) in [7, 11) is -3.05. The van der Waals surface area contributed by atoms with Crippen LogP contribution < -0.4 is 5.73 Å². The molecule has 0 aromatic heterocycles. The van der Waals surface area contributed by atoms with Crippen molar-refractivity contribution >= 4 is 15.5 Å². The quantitative estimate of drug-likeness (QED) is 0.804. The Balaban J connectivity index is 2.77. The molecule has 0 saturated carbocycles. The van der Waals surface area contributed by atoms with Gasteiger partial charge in [0.05, 0.1) is 11.5 Å². The summed E-state index contributed by atoms with van der Waals surface area (Å²) in [4.78, 5) is 0. The molecule has 2 N–H and O–H groups in total. The van der Waals surface area contributed by atoms with Gasteiger partial charge in [0, 0.05) is 5.69 Å². The van der Waals surface area contributed by atoms with Crippen molar-refractivity contribution in [2.75, 3.05) is 11.5 Å². The monoisotopic (exact) mass is 241 g/mol. The minimum atomic E-state index is -3.05. The average Bonchev–Trinajstić information content (AvgIpc) is 2.20. The number of nitrogens with two attached hydrogens (primary N) is 1. The number of benzene rings is 1. The first-order valence-electron chi connectivity index (χ1n) is 5.48. The van der Waals surface area contributed by atoms with Crippen LogP contribution in [0.3, 0.4) is 0 Å². The molecule has 0 spiro atoms. The van der Waals surface area contributed by atoms with Crippen LogP contribution in [0, 0.1) is 5.92 Å². The summed E-state index contributed by atoms with van der Waals surface area (Å²) in [5.41, 5.74) is 6.98. The van der Waals surface area contributed by atoms with Crippen molar-refractivity contribution in [3.05, 3.63) is 29.8 Å². The molecule has 1 aromatic carbocycles. The van der Waals surface area contributed by atoms with Crippen LogP contribution in [0.2, 0.25) is 0 Å². The van der Waals surface area contributed by atoms with Gasteiger partial charge in [-0.3, -0.25) is 0 Å². The van der Waals surface area contributed by atoms with Crippen LogP contribution in [0.15, 0.2) is 24.3 Å². The molecule has 1 rings (SSSR count). The number of rotatable bonds is 5. The van der Waals surface area contributed by atoms with Crippen molar-refractivity contribution in [2.24, 2.45) is 5.92 Å². The second-order valence-corrected chi connectivity index (χ2v) is 6.38. The first-order valence-corrected chi connectivity index (χ1v) is 7.30. The van der Waals surface area contributed by atoms with Gasteiger partial charge in [-0.1, -0.05) is 38.5 Å². The highest BCUT2D eigenvalue weighted by atomic mass is 32.2. The lowest BCUT2D eigenvalue weighted by molar-refractivity contribution is 0.563. The summed E-state index contributed by atoms with van der Waals surface area (Å²) in [5, 5.41) is 0. The zero-order valence-electron chi connectivity index (χ0n) is 9.81. The van der Waals surface area contributed by atoms with Gasteiger partial charge in [0.1, 0.15) is 0 Å². The van der Waals surface area contributed by atoms with Gasteiger partial charge in [0.2, 0.25) is 0 Å². The van der Waals surface area contributed by atoms with Crippen LogP contribution in [-0.4, -0.2) is 14.2 Å². The molecular weight excluding hydrogens is 222 g/mol. The Morgan fingerprint density at radius 3 is 2.50 bits per heavy atom. The summed E-state index contributed by atoms with van der Waals surface area (Å²) in [5.74, 6) is 0.483. The van der Waals surface area contributed by atoms with Crippen LogP contribution in [0.25, 0.3) is 0 Å². The summed E-state index contributed by atoms with van der Waals surface area (Å²) in [6.45, 7) is 3.95. The predicted molar refractivity (Wildman–Crippen MR) is 67.8 cm³/mol. The van der Waals surface area contributed by atoms with Crippen LogP contribution in [0.1, 0.15) is 25.8 Å². The van der Waals surface area contributed by atoms with Gasteiger partial charge in [-0.2, -0.15) is 0 Å². The number of hydrogen-bond donors (Lipinski definition) is 1. The van der Waals surface area contributed by atoms with Gasteiger partial charge in [0.15, 0.2) is 9.84 Å². The van der Waals surface area contributed by atoms with E-state index in [-0.39, 0.29) is 17.4 Å². The smallest absolute Gasteiger partial charge is 0.154 e. The predicted octanol–water partition coefficient (Wildman–Crippen LogP) is 2.23. The Hall–Kier alpha value is -1.03. The number of sulfone groups is 1. The van der Waals surface area contributed by atoms with E-state index in [1.54, 1.807) is 18.2 Å². The van der Waals surface area contributed by atoms with Crippen molar-refractivity contribution < 1.29 is 8.42 Å². The zero-order chi connectivity index (χ0) is 12.2. The number of hydrogen-bond acceptors (Lipinski definition) is 3. The largest absolute Gasteiger partial charge is 0.398 e. The minimum Gasteiger partial charge on any atom is -0.398 e. The van der Waals surface area contributed by atoms with Crippen LogP contribution in [0.4, 0.5) is 5.69 Å². The summed E-state index contributed by atoms with van der Waals surface area (Å²) >= 11 is 0. The van der Waals surface area contributed by atoms with E-state index in [0.29, 0.717) is 11.3 Å². The third-order valence-corrected chi connectivity index (χ3v) is 4.49. The van der Waals surface area contributed by atoms with E-state index in [4.69, 9.17) is 5.73 Å². The Morgan fingerprint density at radius 2 is 1.94 bits per heavy atom. The second-order valence-electron chi connectivity index (χ2n) is 4.27. The first kappa shape index (κ1) is 13.0. The number of anilines is 1. The Bertz CT molecular complexity index is 440. The third-order valence-electron chi connectivity index (χ3n) is 2.67. The molecule has 1 unspecified atom stereocenters. The maximum Gasteiger partial charge on any atom is 0.154 e. The maximum absolute atomic E-state index is 11.9. The van der Waals surface area contributed by atoms with Gasteiger partial charge in [0.25, 0.3) is 0 Å². The lowest BCUT2D eigenvalue weighted by Gasteiger charge is -2.10. The van der Waals surface area contributed by atoms with E-state index in [1.165, 1.54) is 0 Å². The maximum atomic E-state index is 11.9. The first-order chi connectivity index (χ1) is 7.44. The van der Waals surface area contributed by atoms with Crippen LogP contribution in [-0.2, 0) is 15.6 Å². The standard InChI is InChI=1S/C12H19NO2S/c1-3-10(2)8-16(14,15)9-11-6-4-5-7-12(11)13/h4-7,10H,3,8-9,13H2,1-2H3. The van der Waals surface area contributed by atoms with E-state index in [0.717, 1.165) is 6.42 Å². The lowest BCUT2D eigenvalue weighted by Crippen LogP contribution is -2.16. The van der Waals surface area contributed by atoms with E-state index in [9.17, 15) is 8.42 Å². The minimum absolute atomic E-state index is 0.0456. The molecule has 0 bridgehead atoms. The average molecular weight is 241 g/mol. The fraction of sp³-hybridized carbons (Fsp3) is 0.500. The molecule has 0 heterocycles. The molecule has 16 heavy (non-hydrogen) atoms. The molecule has 0 radical (unpaired) electrons. The molecule has 90 valence electrons. The molecule has 0 aliphatic rings. The highest BCUT2D eigenvalue weighted by molar-refractivity contribution is 7.90. The Kier molecular flexibility index (Phi) is 4.35. The lowest BCUT2D eigenvalue weighted by atomic mass is 10.2. The number of nitrogen functional groups attached to an aromatic ring is 1. The van der Waals surface area contributed by atoms with E-state index in [1.807, 2.05) is 19.9 Å². The highest BCUT2D eigenvalue weighted by Crippen LogP contribution is 2.16. The second kappa shape index (κ2) is 5.34. The van der Waals surface area contributed by atoms with E-state index in [2.05, 4.69) is 0 Å². The fourth-order valence-corrected chi connectivity index (χ4v) is 3.47. The molecule has 0 fully saturated rings. The van der Waals surface area contributed by atoms with Crippen molar-refractivity contribution in [3.8, 4) is 0 Å². The molecule has 0 saturated heterocycles. The Labute approximate surface area is 97.6 Å². The normalized spacial score (nSPS) is 13.6. The van der Waals surface area contributed by atoms with Crippen LogP contribution in [0.5, 0.6) is 0 Å². The number of para-hydroxylation sites is 1. The summed E-state index contributed by atoms with van der Waals surface area (Å²) < 4.78 is 23.7. The van der Waals surface area contributed by atoms with E-state index >= 15 is 0 Å². The van der Waals surface area contributed by atoms with Gasteiger partial charge < -0.3 is 5.73 Å². The molecule has 1 atom stereocenters.